The van der Waals surface area contributed by atoms with Gasteiger partial charge in [0.1, 0.15) is 0 Å². The normalized spacial score (nSPS) is 24.7. The Labute approximate surface area is 113 Å². The van der Waals surface area contributed by atoms with Crippen LogP contribution in [0.3, 0.4) is 0 Å². The van der Waals surface area contributed by atoms with Crippen LogP contribution in [0, 0.1) is 0 Å². The van der Waals surface area contributed by atoms with Crippen molar-refractivity contribution < 1.29 is 4.74 Å². The molecule has 0 amide bonds. The molecule has 16 heavy (non-hydrogen) atoms. The van der Waals surface area contributed by atoms with Gasteiger partial charge in [-0.3, -0.25) is 0 Å². The van der Waals surface area contributed by atoms with Crippen molar-refractivity contribution in [2.45, 2.75) is 32.0 Å². The van der Waals surface area contributed by atoms with Crippen LogP contribution in [-0.4, -0.2) is 18.8 Å². The fourth-order valence-electron chi connectivity index (χ4n) is 1.89. The number of hydrogen-bond donors (Lipinski definition) is 1. The van der Waals surface area contributed by atoms with Gasteiger partial charge in [-0.05, 0) is 53.9 Å². The fourth-order valence-corrected chi connectivity index (χ4v) is 3.08. The van der Waals surface area contributed by atoms with Crippen molar-refractivity contribution in [3.8, 4) is 0 Å². The predicted molar refractivity (Wildman–Crippen MR) is 73.9 cm³/mol. The highest BCUT2D eigenvalue weighted by Crippen LogP contribution is 2.27. The number of halogens is 2. The third kappa shape index (κ3) is 3.22. The Morgan fingerprint density at radius 3 is 2.81 bits per heavy atom. The largest absolute Gasteiger partial charge is 0.382 e. The summed E-state index contributed by atoms with van der Waals surface area (Å²) in [7, 11) is 0. The molecule has 1 N–H and O–H groups in total. The summed E-state index contributed by atoms with van der Waals surface area (Å²) < 4.78 is 7.92. The van der Waals surface area contributed by atoms with E-state index in [1.54, 1.807) is 0 Å². The predicted octanol–water partition coefficient (Wildman–Crippen LogP) is 4.19. The van der Waals surface area contributed by atoms with Crippen LogP contribution in [0.15, 0.2) is 27.1 Å². The highest BCUT2D eigenvalue weighted by Gasteiger charge is 2.21. The second-order valence-electron chi connectivity index (χ2n) is 4.15. The van der Waals surface area contributed by atoms with Crippen molar-refractivity contribution in [3.63, 3.8) is 0 Å². The third-order valence-corrected chi connectivity index (χ3v) is 3.92. The van der Waals surface area contributed by atoms with Crippen LogP contribution in [0.1, 0.15) is 19.8 Å². The zero-order valence-electron chi connectivity index (χ0n) is 9.17. The summed E-state index contributed by atoms with van der Waals surface area (Å²) in [4.78, 5) is 0. The van der Waals surface area contributed by atoms with Crippen molar-refractivity contribution in [1.29, 1.82) is 0 Å². The lowest BCUT2D eigenvalue weighted by Gasteiger charge is -2.14. The van der Waals surface area contributed by atoms with Crippen LogP contribution in [0.4, 0.5) is 5.69 Å². The molecule has 4 heteroatoms. The highest BCUT2D eigenvalue weighted by atomic mass is 79.9. The van der Waals surface area contributed by atoms with E-state index in [1.165, 1.54) is 6.42 Å². The quantitative estimate of drug-likeness (QED) is 0.884. The summed E-state index contributed by atoms with van der Waals surface area (Å²) in [5.41, 5.74) is 1.12. The van der Waals surface area contributed by atoms with Gasteiger partial charge in [0.2, 0.25) is 0 Å². The van der Waals surface area contributed by atoms with Gasteiger partial charge in [-0.15, -0.1) is 0 Å². The first-order valence-electron chi connectivity index (χ1n) is 5.49. The summed E-state index contributed by atoms with van der Waals surface area (Å²) in [6.45, 7) is 3.01. The highest BCUT2D eigenvalue weighted by molar-refractivity contribution is 9.11. The first-order chi connectivity index (χ1) is 7.65. The fraction of sp³-hybridized carbons (Fsp3) is 0.500. The number of anilines is 1. The molecule has 1 aromatic carbocycles. The summed E-state index contributed by atoms with van der Waals surface area (Å²) in [5.74, 6) is 0. The molecule has 1 aromatic rings. The van der Waals surface area contributed by atoms with Gasteiger partial charge < -0.3 is 10.1 Å². The zero-order valence-corrected chi connectivity index (χ0v) is 12.3. The van der Waals surface area contributed by atoms with Crippen LogP contribution in [0.2, 0.25) is 0 Å². The second-order valence-corrected chi connectivity index (χ2v) is 5.92. The molecule has 1 aliphatic heterocycles. The monoisotopic (exact) mass is 347 g/mol. The Morgan fingerprint density at radius 1 is 1.38 bits per heavy atom. The van der Waals surface area contributed by atoms with E-state index in [2.05, 4.69) is 50.2 Å². The van der Waals surface area contributed by atoms with Gasteiger partial charge in [0.15, 0.2) is 0 Å². The molecule has 2 atom stereocenters. The Hall–Kier alpha value is -0.0600. The number of benzene rings is 1. The molecule has 0 spiro atoms. The van der Waals surface area contributed by atoms with E-state index in [0.29, 0.717) is 12.2 Å². The molecular formula is C12H15Br2NO. The average molecular weight is 349 g/mol. The van der Waals surface area contributed by atoms with Gasteiger partial charge in [-0.2, -0.15) is 0 Å². The summed E-state index contributed by atoms with van der Waals surface area (Å²) in [5, 5.41) is 3.41. The van der Waals surface area contributed by atoms with Gasteiger partial charge >= 0.3 is 0 Å². The molecule has 1 fully saturated rings. The smallest absolute Gasteiger partial charge is 0.0751 e. The molecule has 2 rings (SSSR count). The summed E-state index contributed by atoms with van der Waals surface area (Å²) in [6.07, 6.45) is 3.10. The molecule has 2 unspecified atom stereocenters. The lowest BCUT2D eigenvalue weighted by molar-refractivity contribution is 0.0637. The Balaban J connectivity index is 1.89. The van der Waals surface area contributed by atoms with Gasteiger partial charge in [0, 0.05) is 21.2 Å². The van der Waals surface area contributed by atoms with Crippen molar-refractivity contribution in [2.24, 2.45) is 0 Å². The van der Waals surface area contributed by atoms with E-state index >= 15 is 0 Å². The minimum atomic E-state index is 0.352. The van der Waals surface area contributed by atoms with Crippen molar-refractivity contribution >= 4 is 37.5 Å². The molecule has 0 bridgehead atoms. The van der Waals surface area contributed by atoms with Crippen LogP contribution < -0.4 is 5.32 Å². The third-order valence-electron chi connectivity index (χ3n) is 2.77. The van der Waals surface area contributed by atoms with Crippen molar-refractivity contribution in [2.75, 3.05) is 11.9 Å². The number of ether oxygens (including phenoxy) is 1. The van der Waals surface area contributed by atoms with E-state index < -0.39 is 0 Å². The molecule has 0 aliphatic carbocycles. The Kier molecular flexibility index (Phi) is 4.27. The average Bonchev–Trinajstić information content (AvgIpc) is 2.63. The standard InChI is InChI=1S/C12H15Br2NO/c1-8-2-4-10(16-8)7-15-12-5-3-9(13)6-11(12)14/h3,5-6,8,10,15H,2,4,7H2,1H3. The van der Waals surface area contributed by atoms with E-state index in [9.17, 15) is 0 Å². The lowest BCUT2D eigenvalue weighted by atomic mass is 10.2. The molecule has 0 saturated carbocycles. The van der Waals surface area contributed by atoms with Gasteiger partial charge in [-0.25, -0.2) is 0 Å². The van der Waals surface area contributed by atoms with Crippen LogP contribution in [0.5, 0.6) is 0 Å². The SMILES string of the molecule is CC1CCC(CNc2ccc(Br)cc2Br)O1. The zero-order chi connectivity index (χ0) is 11.5. The first-order valence-corrected chi connectivity index (χ1v) is 7.08. The van der Waals surface area contributed by atoms with Crippen molar-refractivity contribution in [1.82, 2.24) is 0 Å². The van der Waals surface area contributed by atoms with E-state index in [-0.39, 0.29) is 0 Å². The molecule has 0 aromatic heterocycles. The lowest BCUT2D eigenvalue weighted by Crippen LogP contribution is -2.19. The van der Waals surface area contributed by atoms with Gasteiger partial charge in [0.25, 0.3) is 0 Å². The van der Waals surface area contributed by atoms with E-state index in [1.807, 2.05) is 12.1 Å². The van der Waals surface area contributed by atoms with Crippen LogP contribution in [-0.2, 0) is 4.74 Å². The minimum absolute atomic E-state index is 0.352. The molecule has 1 heterocycles. The second kappa shape index (κ2) is 5.52. The molecule has 1 aliphatic rings. The molecule has 2 nitrogen and oxygen atoms in total. The maximum Gasteiger partial charge on any atom is 0.0751 e. The minimum Gasteiger partial charge on any atom is -0.382 e. The number of nitrogens with one attached hydrogen (secondary N) is 1. The topological polar surface area (TPSA) is 21.3 Å². The van der Waals surface area contributed by atoms with E-state index in [4.69, 9.17) is 4.74 Å². The first kappa shape index (κ1) is 12.4. The maximum absolute atomic E-state index is 5.76. The number of rotatable bonds is 3. The Bertz CT molecular complexity index is 370. The van der Waals surface area contributed by atoms with Crippen molar-refractivity contribution in [3.05, 3.63) is 27.1 Å². The summed E-state index contributed by atoms with van der Waals surface area (Å²) in [6, 6.07) is 6.14. The molecule has 0 radical (unpaired) electrons. The molecular weight excluding hydrogens is 334 g/mol. The van der Waals surface area contributed by atoms with E-state index in [0.717, 1.165) is 27.6 Å². The summed E-state index contributed by atoms with van der Waals surface area (Å²) >= 11 is 6.97. The molecule has 1 saturated heterocycles. The van der Waals surface area contributed by atoms with Gasteiger partial charge in [0.05, 0.1) is 12.2 Å². The molecule has 88 valence electrons. The number of hydrogen-bond acceptors (Lipinski definition) is 2. The van der Waals surface area contributed by atoms with Gasteiger partial charge in [-0.1, -0.05) is 15.9 Å². The van der Waals surface area contributed by atoms with Crippen LogP contribution >= 0.6 is 31.9 Å². The maximum atomic E-state index is 5.76. The Morgan fingerprint density at radius 2 is 2.19 bits per heavy atom. The van der Waals surface area contributed by atoms with Crippen LogP contribution in [0.25, 0.3) is 0 Å².